The number of hydrogen-bond acceptors (Lipinski definition) is 9. The summed E-state index contributed by atoms with van der Waals surface area (Å²) in [4.78, 5) is 20.3. The summed E-state index contributed by atoms with van der Waals surface area (Å²) in [6.07, 6.45) is 11.3. The van der Waals surface area contributed by atoms with Crippen LogP contribution in [0.4, 0.5) is 5.82 Å². The molecule has 0 spiro atoms. The Labute approximate surface area is 333 Å². The molecule has 0 unspecified atom stereocenters. The summed E-state index contributed by atoms with van der Waals surface area (Å²) in [5.41, 5.74) is 9.23. The van der Waals surface area contributed by atoms with Gasteiger partial charge in [-0.2, -0.15) is 14.7 Å². The Kier molecular flexibility index (Phi) is 19.1. The minimum Gasteiger partial charge on any atom is -1.00 e. The fourth-order valence-corrected chi connectivity index (χ4v) is 3.96. The standard InChI is InChI=1S/C13H18N4.C9H10ClN3.C4H9N.CH2O3.2K.H/c1-9(2)11-8-13(15-10-4-3-5-10)17-12(16-11)6-7-14-17;1-6(2)7-5-8(10)13-9(12-7)3-4-11-13;5-4-2-1-3-4;2-1-4-3;;;/h6-10,15H,3-5H2,1-2H3;3-6H,1-2H3;4H,1-3,5H2;1,3H;;;/q;;;;2*+1;-1/p-1. The van der Waals surface area contributed by atoms with Crippen LogP contribution in [0, 0.1) is 0 Å². The van der Waals surface area contributed by atoms with Gasteiger partial charge in [0.25, 0.3) is 6.47 Å². The molecule has 0 aromatic carbocycles. The van der Waals surface area contributed by atoms with Crippen LogP contribution in [0.5, 0.6) is 0 Å². The first kappa shape index (κ1) is 39.0. The molecule has 0 aliphatic heterocycles. The van der Waals surface area contributed by atoms with Crippen LogP contribution in [-0.4, -0.2) is 47.8 Å². The van der Waals surface area contributed by atoms with Crippen molar-refractivity contribution in [3.8, 4) is 0 Å². The van der Waals surface area contributed by atoms with Gasteiger partial charge in [-0.1, -0.05) is 45.7 Å². The summed E-state index contributed by atoms with van der Waals surface area (Å²) in [5.74, 6) is 1.91. The van der Waals surface area contributed by atoms with E-state index in [1.807, 2.05) is 22.7 Å². The molecule has 0 saturated heterocycles. The van der Waals surface area contributed by atoms with Gasteiger partial charge in [0.15, 0.2) is 11.3 Å². The van der Waals surface area contributed by atoms with E-state index in [0.29, 0.717) is 29.1 Å². The van der Waals surface area contributed by atoms with Crippen molar-refractivity contribution >= 4 is 35.2 Å². The number of anilines is 1. The number of fused-ring (bicyclic) bond motifs is 2. The molecule has 6 rings (SSSR count). The molecule has 14 heteroatoms. The van der Waals surface area contributed by atoms with Crippen LogP contribution in [0.3, 0.4) is 0 Å². The second kappa shape index (κ2) is 20.1. The molecule has 2 aliphatic rings. The van der Waals surface area contributed by atoms with Crippen molar-refractivity contribution in [3.05, 3.63) is 53.2 Å². The number of nitrogens with two attached hydrogens (primary N) is 1. The first-order chi connectivity index (χ1) is 18.7. The molecule has 41 heavy (non-hydrogen) atoms. The number of aromatic nitrogens is 6. The van der Waals surface area contributed by atoms with Crippen LogP contribution < -0.4 is 119 Å². The number of hydrogen-bond donors (Lipinski definition) is 2. The summed E-state index contributed by atoms with van der Waals surface area (Å²) < 4.78 is 3.51. The predicted molar refractivity (Wildman–Crippen MR) is 151 cm³/mol. The van der Waals surface area contributed by atoms with Crippen molar-refractivity contribution in [1.29, 1.82) is 0 Å². The molecule has 4 aromatic heterocycles. The SMILES string of the molecule is CC(C)c1cc(Cl)n2nccc2n1.CC(C)c1cc(NC2CCC2)n2nccc2n1.NC1CCC1.O=CO[O-].[H-].[K+].[K+]. The summed E-state index contributed by atoms with van der Waals surface area (Å²) in [6.45, 7) is 8.34. The third kappa shape index (κ3) is 12.1. The van der Waals surface area contributed by atoms with Crippen molar-refractivity contribution < 1.29 is 119 Å². The Morgan fingerprint density at radius 2 is 1.44 bits per heavy atom. The van der Waals surface area contributed by atoms with Gasteiger partial charge in [0.2, 0.25) is 0 Å². The maximum atomic E-state index is 8.64. The van der Waals surface area contributed by atoms with Crippen molar-refractivity contribution in [1.82, 2.24) is 29.2 Å². The van der Waals surface area contributed by atoms with Crippen molar-refractivity contribution in [3.63, 3.8) is 0 Å². The van der Waals surface area contributed by atoms with Crippen LogP contribution in [0.15, 0.2) is 36.7 Å². The Bertz CT molecular complexity index is 1330. The molecule has 2 fully saturated rings. The fraction of sp³-hybridized carbons (Fsp3) is 0.519. The number of nitrogens with one attached hydrogen (secondary N) is 1. The second-order valence-electron chi connectivity index (χ2n) is 10.2. The average molecular weight is 637 g/mol. The number of carbonyl (C=O) groups is 1. The second-order valence-corrected chi connectivity index (χ2v) is 10.6. The zero-order valence-corrected chi connectivity index (χ0v) is 32.0. The normalized spacial score (nSPS) is 14.1. The van der Waals surface area contributed by atoms with Gasteiger partial charge < -0.3 is 22.6 Å². The summed E-state index contributed by atoms with van der Waals surface area (Å²) in [5, 5.41) is 21.0. The molecule has 0 amide bonds. The molecule has 0 bridgehead atoms. The topological polar surface area (TPSA) is 148 Å². The third-order valence-electron chi connectivity index (χ3n) is 6.54. The third-order valence-corrected chi connectivity index (χ3v) is 6.81. The molecular weight excluding hydrogens is 598 g/mol. The molecule has 4 heterocycles. The van der Waals surface area contributed by atoms with E-state index < -0.39 is 0 Å². The smallest absolute Gasteiger partial charge is 1.00 e. The zero-order chi connectivity index (χ0) is 28.4. The van der Waals surface area contributed by atoms with Gasteiger partial charge in [0.05, 0.1) is 12.4 Å². The molecule has 3 N–H and O–H groups in total. The number of carbonyl (C=O) groups excluding carboxylic acids is 1. The van der Waals surface area contributed by atoms with Gasteiger partial charge in [0.1, 0.15) is 11.0 Å². The van der Waals surface area contributed by atoms with Gasteiger partial charge in [-0.3, -0.25) is 4.79 Å². The number of nitrogens with zero attached hydrogens (tertiary/aromatic N) is 6. The maximum Gasteiger partial charge on any atom is 1.00 e. The molecule has 0 atom stereocenters. The van der Waals surface area contributed by atoms with Crippen molar-refractivity contribution in [2.24, 2.45) is 5.73 Å². The van der Waals surface area contributed by atoms with Crippen LogP contribution in [0.25, 0.3) is 11.3 Å². The van der Waals surface area contributed by atoms with E-state index in [0.717, 1.165) is 28.5 Å². The minimum absolute atomic E-state index is 0. The monoisotopic (exact) mass is 636 g/mol. The first-order valence-electron chi connectivity index (χ1n) is 13.3. The molecule has 0 radical (unpaired) electrons. The molecule has 4 aromatic rings. The van der Waals surface area contributed by atoms with E-state index in [-0.39, 0.29) is 111 Å². The summed E-state index contributed by atoms with van der Waals surface area (Å²) in [6, 6.07) is 8.96. The Balaban J connectivity index is 0.000000597. The molecule has 2 saturated carbocycles. The Hall–Kier alpha value is -0.00727. The quantitative estimate of drug-likeness (QED) is 0.0867. The Morgan fingerprint density at radius 1 is 0.976 bits per heavy atom. The van der Waals surface area contributed by atoms with Crippen LogP contribution in [0.2, 0.25) is 5.15 Å². The van der Waals surface area contributed by atoms with Gasteiger partial charge in [-0.05, 0) is 50.0 Å². The number of halogens is 1. The van der Waals surface area contributed by atoms with E-state index in [1.165, 1.54) is 38.5 Å². The van der Waals surface area contributed by atoms with Crippen LogP contribution >= 0.6 is 11.6 Å². The number of rotatable bonds is 5. The Morgan fingerprint density at radius 3 is 1.85 bits per heavy atom. The summed E-state index contributed by atoms with van der Waals surface area (Å²) in [7, 11) is 0. The molecule has 2 aliphatic carbocycles. The largest absolute Gasteiger partial charge is 1.00 e. The van der Waals surface area contributed by atoms with Crippen molar-refractivity contribution in [2.45, 2.75) is 90.1 Å². The van der Waals surface area contributed by atoms with Gasteiger partial charge in [-0.25, -0.2) is 14.5 Å². The predicted octanol–water partition coefficient (Wildman–Crippen LogP) is -1.62. The van der Waals surface area contributed by atoms with E-state index in [9.17, 15) is 0 Å². The van der Waals surface area contributed by atoms with Crippen LogP contribution in [-0.2, 0) is 9.68 Å². The minimum atomic E-state index is -0.181. The molecular formula is C27H39ClK2N8O3. The van der Waals surface area contributed by atoms with Crippen molar-refractivity contribution in [2.75, 3.05) is 5.32 Å². The van der Waals surface area contributed by atoms with Gasteiger partial charge in [0, 0.05) is 41.7 Å². The van der Waals surface area contributed by atoms with Crippen LogP contribution in [0.1, 0.15) is 90.9 Å². The summed E-state index contributed by atoms with van der Waals surface area (Å²) >= 11 is 6.01. The van der Waals surface area contributed by atoms with Gasteiger partial charge >= 0.3 is 103 Å². The van der Waals surface area contributed by atoms with E-state index in [1.54, 1.807) is 16.9 Å². The fourth-order valence-electron chi connectivity index (χ4n) is 3.72. The zero-order valence-electron chi connectivity index (χ0n) is 26.0. The van der Waals surface area contributed by atoms with E-state index >= 15 is 0 Å². The first-order valence-corrected chi connectivity index (χ1v) is 13.7. The average Bonchev–Trinajstić information content (AvgIpc) is 3.55. The van der Waals surface area contributed by atoms with Gasteiger partial charge in [-0.15, -0.1) is 0 Å². The van der Waals surface area contributed by atoms with E-state index in [2.05, 4.69) is 64.1 Å². The van der Waals surface area contributed by atoms with E-state index in [4.69, 9.17) is 27.4 Å². The maximum absolute atomic E-state index is 8.64. The molecule has 11 nitrogen and oxygen atoms in total. The molecule has 214 valence electrons.